The third-order valence-electron chi connectivity index (χ3n) is 3.51. The van der Waals surface area contributed by atoms with Gasteiger partial charge in [0.15, 0.2) is 0 Å². The Morgan fingerprint density at radius 1 is 0.538 bits per heavy atom. The van der Waals surface area contributed by atoms with E-state index in [1.54, 1.807) is 0 Å². The molecule has 6 heteroatoms. The number of nitroso groups, excluding NO2 is 1. The molecule has 26 heavy (non-hydrogen) atoms. The Kier molecular flexibility index (Phi) is 11.6. The van der Waals surface area contributed by atoms with Crippen LogP contribution in [0.4, 0.5) is 0 Å². The van der Waals surface area contributed by atoms with Gasteiger partial charge in [0, 0.05) is 16.8 Å². The van der Waals surface area contributed by atoms with Crippen LogP contribution in [0.2, 0.25) is 0 Å². The first kappa shape index (κ1) is 23.5. The molecule has 0 N–H and O–H groups in total. The summed E-state index contributed by atoms with van der Waals surface area (Å²) in [6.07, 6.45) is 0. The van der Waals surface area contributed by atoms with E-state index in [0.717, 1.165) is 15.9 Å². The van der Waals surface area contributed by atoms with E-state index in [0.29, 0.717) is 0 Å². The maximum Gasteiger partial charge on any atom is 0.276 e. The van der Waals surface area contributed by atoms with Gasteiger partial charge >= 0.3 is 0 Å². The van der Waals surface area contributed by atoms with Crippen molar-refractivity contribution in [3.05, 3.63) is 95.9 Å². The topological polar surface area (TPSA) is 63.6 Å². The van der Waals surface area contributed by atoms with Gasteiger partial charge in [0.05, 0.1) is 0 Å². The van der Waals surface area contributed by atoms with Crippen molar-refractivity contribution < 1.29 is 26.4 Å². The molecule has 0 unspecified atom stereocenters. The van der Waals surface area contributed by atoms with Crippen LogP contribution in [-0.4, -0.2) is 13.6 Å². The molecule has 4 nitrogen and oxygen atoms in total. The third kappa shape index (κ3) is 5.02. The van der Waals surface area contributed by atoms with Crippen molar-refractivity contribution in [2.45, 2.75) is 0 Å². The zero-order valence-corrected chi connectivity index (χ0v) is 16.0. The predicted molar refractivity (Wildman–Crippen MR) is 105 cm³/mol. The molecule has 3 aromatic carbocycles. The van der Waals surface area contributed by atoms with Crippen LogP contribution < -0.4 is 15.9 Å². The van der Waals surface area contributed by atoms with E-state index in [2.05, 4.69) is 4.95 Å². The maximum atomic E-state index is 12.0. The van der Waals surface area contributed by atoms with Gasteiger partial charge in [0.2, 0.25) is 0 Å². The average molecular weight is 411 g/mol. The predicted octanol–water partition coefficient (Wildman–Crippen LogP) is 3.29. The van der Waals surface area contributed by atoms with Gasteiger partial charge in [-0.2, -0.15) is 0 Å². The Balaban J connectivity index is 0.00000117. The molecular weight excluding hydrogens is 392 g/mol. The van der Waals surface area contributed by atoms with E-state index in [1.807, 2.05) is 105 Å². The van der Waals surface area contributed by atoms with Gasteiger partial charge in [0.25, 0.3) is 7.41 Å². The fourth-order valence-electron chi connectivity index (χ4n) is 2.52. The Morgan fingerprint density at radius 2 is 0.769 bits per heavy atom. The third-order valence-corrected chi connectivity index (χ3v) is 6.89. The van der Waals surface area contributed by atoms with E-state index in [9.17, 15) is 4.91 Å². The van der Waals surface area contributed by atoms with Gasteiger partial charge < -0.3 is 9.59 Å². The second-order valence-electron chi connectivity index (χ2n) is 4.72. The molecule has 0 bridgehead atoms. The van der Waals surface area contributed by atoms with Gasteiger partial charge in [0.1, 0.15) is 34.4 Å². The zero-order valence-electron chi connectivity index (χ0n) is 14.0. The van der Waals surface area contributed by atoms with Crippen molar-refractivity contribution in [3.8, 4) is 0 Å². The van der Waals surface area contributed by atoms with Gasteiger partial charge in [-0.3, -0.25) is 0 Å². The van der Waals surface area contributed by atoms with Crippen LogP contribution >= 0.6 is 7.41 Å². The molecule has 0 aliphatic rings. The van der Waals surface area contributed by atoms with Crippen molar-refractivity contribution >= 4 is 36.9 Å². The molecule has 135 valence electrons. The SMILES string of the molecule is C=O.C=O.O=N[P+](c1ccccc1)(c1ccccc1)c1ccccc1.[Co]. The first-order chi connectivity index (χ1) is 12.4. The summed E-state index contributed by atoms with van der Waals surface area (Å²) in [5.74, 6) is 0. The Morgan fingerprint density at radius 3 is 0.962 bits per heavy atom. The van der Waals surface area contributed by atoms with Gasteiger partial charge in [-0.15, -0.1) is 4.91 Å². The number of carbonyl (C=O) groups excluding carboxylic acids is 2. The number of rotatable bonds is 4. The van der Waals surface area contributed by atoms with Crippen LogP contribution in [0.3, 0.4) is 0 Å². The van der Waals surface area contributed by atoms with Crippen molar-refractivity contribution in [2.24, 2.45) is 4.95 Å². The Bertz CT molecular complexity index is 659. The molecular formula is C20H19CoNO3P+. The normalized spacial score (nSPS) is 9.23. The summed E-state index contributed by atoms with van der Waals surface area (Å²) in [5, 5.41) is 2.95. The number of carbonyl (C=O) groups is 2. The minimum atomic E-state index is -2.46. The number of hydrogen-bond donors (Lipinski definition) is 0. The van der Waals surface area contributed by atoms with Gasteiger partial charge in [-0.25, -0.2) is 0 Å². The number of hydrogen-bond acceptors (Lipinski definition) is 4. The summed E-state index contributed by atoms with van der Waals surface area (Å²) in [6.45, 7) is 4.00. The first-order valence-corrected chi connectivity index (χ1v) is 9.10. The Hall–Kier alpha value is -2.46. The molecule has 0 saturated carbocycles. The van der Waals surface area contributed by atoms with Crippen molar-refractivity contribution in [2.75, 3.05) is 0 Å². The van der Waals surface area contributed by atoms with Crippen molar-refractivity contribution in [3.63, 3.8) is 0 Å². The molecule has 0 atom stereocenters. The smallest absolute Gasteiger partial charge is 0.276 e. The summed E-state index contributed by atoms with van der Waals surface area (Å²) in [5.41, 5.74) is 0. The molecule has 0 saturated heterocycles. The summed E-state index contributed by atoms with van der Waals surface area (Å²) >= 11 is 0. The van der Waals surface area contributed by atoms with E-state index < -0.39 is 7.41 Å². The molecule has 0 fully saturated rings. The Labute approximate surface area is 164 Å². The second kappa shape index (κ2) is 12.8. The van der Waals surface area contributed by atoms with Crippen LogP contribution in [0.5, 0.6) is 0 Å². The first-order valence-electron chi connectivity index (χ1n) is 7.36. The number of nitrogens with zero attached hydrogens (tertiary/aromatic N) is 1. The zero-order chi connectivity index (χ0) is 18.5. The molecule has 0 amide bonds. The van der Waals surface area contributed by atoms with E-state index in [-0.39, 0.29) is 16.8 Å². The fourth-order valence-corrected chi connectivity index (χ4v) is 5.51. The molecule has 0 spiro atoms. The quantitative estimate of drug-likeness (QED) is 0.489. The summed E-state index contributed by atoms with van der Waals surface area (Å²) in [6, 6.07) is 29.6. The van der Waals surface area contributed by atoms with Crippen molar-refractivity contribution in [1.82, 2.24) is 0 Å². The van der Waals surface area contributed by atoms with Gasteiger partial charge in [-0.05, 0) is 36.4 Å². The molecule has 0 heterocycles. The van der Waals surface area contributed by atoms with Crippen LogP contribution in [0.25, 0.3) is 0 Å². The molecule has 0 aliphatic heterocycles. The summed E-state index contributed by atoms with van der Waals surface area (Å²) < 4.78 is 0. The van der Waals surface area contributed by atoms with E-state index in [4.69, 9.17) is 9.59 Å². The van der Waals surface area contributed by atoms with Crippen LogP contribution in [0, 0.1) is 4.91 Å². The van der Waals surface area contributed by atoms with Crippen LogP contribution in [-0.2, 0) is 26.4 Å². The summed E-state index contributed by atoms with van der Waals surface area (Å²) in [4.78, 5) is 31.7. The van der Waals surface area contributed by atoms with Crippen LogP contribution in [0.1, 0.15) is 0 Å². The molecule has 1 radical (unpaired) electrons. The van der Waals surface area contributed by atoms with E-state index >= 15 is 0 Å². The summed E-state index contributed by atoms with van der Waals surface area (Å²) in [7, 11) is -2.46. The maximum absolute atomic E-state index is 12.0. The van der Waals surface area contributed by atoms with E-state index in [1.165, 1.54) is 0 Å². The minimum Gasteiger partial charge on any atom is -0.307 e. The monoisotopic (exact) mass is 411 g/mol. The van der Waals surface area contributed by atoms with Gasteiger partial charge in [-0.1, -0.05) is 54.6 Å². The second-order valence-corrected chi connectivity index (χ2v) is 7.71. The van der Waals surface area contributed by atoms with Crippen LogP contribution in [0.15, 0.2) is 95.9 Å². The average Bonchev–Trinajstić information content (AvgIpc) is 2.74. The number of benzene rings is 3. The fraction of sp³-hybridized carbons (Fsp3) is 0. The standard InChI is InChI=1S/C18H15NOP.2CH2O.Co/c20-19-21(16-10-4-1-5-11-16,17-12-6-2-7-13-17)18-14-8-3-9-15-18;2*1-2;/h1-15H;2*1H2;/q+1;;;. The molecule has 0 aromatic heterocycles. The van der Waals surface area contributed by atoms with Crippen molar-refractivity contribution in [1.29, 1.82) is 0 Å². The molecule has 3 rings (SSSR count). The minimum absolute atomic E-state index is 0. The molecule has 0 aliphatic carbocycles. The largest absolute Gasteiger partial charge is 0.307 e. The molecule has 3 aromatic rings.